The molecule has 0 aliphatic rings. The minimum Gasteiger partial charge on any atom is -0.425 e. The van der Waals surface area contributed by atoms with E-state index in [2.05, 4.69) is 9.24 Å². The van der Waals surface area contributed by atoms with Crippen LogP contribution in [0.25, 0.3) is 0 Å². The molecule has 1 rings (SSSR count). The number of rotatable bonds is 2. The van der Waals surface area contributed by atoms with E-state index in [4.69, 9.17) is 16.3 Å². The number of alkyl halides is 1. The van der Waals surface area contributed by atoms with Crippen molar-refractivity contribution >= 4 is 26.8 Å². The molecule has 0 fully saturated rings. The van der Waals surface area contributed by atoms with Crippen molar-refractivity contribution < 1.29 is 9.53 Å². The lowest BCUT2D eigenvalue weighted by Crippen LogP contribution is -2.14. The number of carbonyl (C=O) groups excluding carboxylic acids is 1. The highest BCUT2D eigenvalue weighted by molar-refractivity contribution is 7.23. The monoisotopic (exact) mass is 202 g/mol. The van der Waals surface area contributed by atoms with Gasteiger partial charge in [-0.25, -0.2) is 4.79 Å². The number of carbonyl (C=O) groups is 1. The van der Waals surface area contributed by atoms with Crippen molar-refractivity contribution in [3.63, 3.8) is 0 Å². The van der Waals surface area contributed by atoms with E-state index < -0.39 is 11.1 Å². The summed E-state index contributed by atoms with van der Waals surface area (Å²) in [5.74, 6) is 0.0449. The fourth-order valence-electron chi connectivity index (χ4n) is 0.661. The van der Waals surface area contributed by atoms with E-state index in [1.165, 1.54) is 0 Å². The van der Waals surface area contributed by atoms with Gasteiger partial charge >= 0.3 is 5.97 Å². The topological polar surface area (TPSA) is 26.3 Å². The lowest BCUT2D eigenvalue weighted by molar-refractivity contribution is -0.132. The molecule has 1 aromatic carbocycles. The molecule has 0 bridgehead atoms. The SMILES string of the molecule is O=C(Oc1ccccc1)C(P)Cl. The van der Waals surface area contributed by atoms with Crippen LogP contribution in [0.5, 0.6) is 5.75 Å². The lowest BCUT2D eigenvalue weighted by Gasteiger charge is -2.03. The van der Waals surface area contributed by atoms with Crippen LogP contribution in [0.1, 0.15) is 0 Å². The summed E-state index contributed by atoms with van der Waals surface area (Å²) in [5, 5.41) is -0.690. The molecule has 0 aromatic heterocycles. The normalized spacial score (nSPS) is 12.2. The van der Waals surface area contributed by atoms with Crippen molar-refractivity contribution in [2.24, 2.45) is 0 Å². The van der Waals surface area contributed by atoms with Gasteiger partial charge in [0.2, 0.25) is 0 Å². The Morgan fingerprint density at radius 1 is 1.42 bits per heavy atom. The maximum Gasteiger partial charge on any atom is 0.333 e. The number of esters is 1. The molecule has 12 heavy (non-hydrogen) atoms. The van der Waals surface area contributed by atoms with Gasteiger partial charge in [0.25, 0.3) is 0 Å². The Balaban J connectivity index is 2.59. The maximum absolute atomic E-state index is 10.9. The largest absolute Gasteiger partial charge is 0.425 e. The van der Waals surface area contributed by atoms with Crippen LogP contribution in [-0.2, 0) is 4.79 Å². The number of hydrogen-bond donors (Lipinski definition) is 0. The Labute approximate surface area is 78.1 Å². The van der Waals surface area contributed by atoms with Crippen LogP contribution in [0.3, 0.4) is 0 Å². The van der Waals surface area contributed by atoms with Crippen molar-refractivity contribution in [1.82, 2.24) is 0 Å². The van der Waals surface area contributed by atoms with Gasteiger partial charge in [-0.3, -0.25) is 0 Å². The van der Waals surface area contributed by atoms with Crippen LogP contribution in [0.15, 0.2) is 30.3 Å². The molecule has 0 saturated heterocycles. The second kappa shape index (κ2) is 4.44. The molecule has 0 spiro atoms. The molecule has 0 N–H and O–H groups in total. The van der Waals surface area contributed by atoms with Gasteiger partial charge in [0.15, 0.2) is 0 Å². The summed E-state index contributed by atoms with van der Waals surface area (Å²) >= 11 is 5.47. The highest BCUT2D eigenvalue weighted by atomic mass is 35.5. The minimum atomic E-state index is -0.690. The Morgan fingerprint density at radius 2 is 2.00 bits per heavy atom. The first kappa shape index (κ1) is 9.50. The van der Waals surface area contributed by atoms with Crippen molar-refractivity contribution in [1.29, 1.82) is 0 Å². The van der Waals surface area contributed by atoms with E-state index in [0.29, 0.717) is 5.75 Å². The highest BCUT2D eigenvalue weighted by Crippen LogP contribution is 2.13. The van der Waals surface area contributed by atoms with Gasteiger partial charge in [0.05, 0.1) is 0 Å². The molecule has 0 amide bonds. The van der Waals surface area contributed by atoms with E-state index in [1.54, 1.807) is 24.3 Å². The zero-order valence-electron chi connectivity index (χ0n) is 6.24. The van der Waals surface area contributed by atoms with Gasteiger partial charge in [-0.05, 0) is 12.1 Å². The average Bonchev–Trinajstić information content (AvgIpc) is 2.06. The summed E-state index contributed by atoms with van der Waals surface area (Å²) in [6.45, 7) is 0. The maximum atomic E-state index is 10.9. The third-order valence-electron chi connectivity index (χ3n) is 1.19. The number of para-hydroxylation sites is 1. The predicted molar refractivity (Wildman–Crippen MR) is 51.4 cm³/mol. The van der Waals surface area contributed by atoms with Crippen LogP contribution in [0, 0.1) is 0 Å². The second-order valence-electron chi connectivity index (χ2n) is 2.14. The first-order valence-electron chi connectivity index (χ1n) is 3.36. The second-order valence-corrected chi connectivity index (χ2v) is 3.70. The molecule has 2 unspecified atom stereocenters. The van der Waals surface area contributed by atoms with Crippen LogP contribution in [0.2, 0.25) is 0 Å². The summed E-state index contributed by atoms with van der Waals surface area (Å²) < 4.78 is 4.88. The first-order chi connectivity index (χ1) is 5.70. The number of ether oxygens (including phenoxy) is 1. The molecular formula is C8H8ClO2P. The Bertz CT molecular complexity index is 261. The Hall–Kier alpha value is -0.590. The van der Waals surface area contributed by atoms with Gasteiger partial charge in [0.1, 0.15) is 10.9 Å². The fraction of sp³-hybridized carbons (Fsp3) is 0.125. The number of hydrogen-bond acceptors (Lipinski definition) is 2. The number of halogens is 1. The zero-order valence-corrected chi connectivity index (χ0v) is 8.15. The molecule has 2 atom stereocenters. The molecule has 0 aliphatic heterocycles. The highest BCUT2D eigenvalue weighted by Gasteiger charge is 2.10. The molecule has 1 aromatic rings. The molecule has 0 aliphatic carbocycles. The quantitative estimate of drug-likeness (QED) is 0.318. The summed E-state index contributed by atoms with van der Waals surface area (Å²) in [4.78, 5) is 10.9. The fourth-order valence-corrected chi connectivity index (χ4v) is 0.774. The molecule has 2 nitrogen and oxygen atoms in total. The van der Waals surface area contributed by atoms with Crippen molar-refractivity contribution in [3.05, 3.63) is 30.3 Å². The van der Waals surface area contributed by atoms with Gasteiger partial charge in [-0.2, -0.15) is 0 Å². The summed E-state index contributed by atoms with van der Waals surface area (Å²) in [5.41, 5.74) is 0. The van der Waals surface area contributed by atoms with Crippen LogP contribution in [0.4, 0.5) is 0 Å². The minimum absolute atomic E-state index is 0.465. The summed E-state index contributed by atoms with van der Waals surface area (Å²) in [6.07, 6.45) is 0. The van der Waals surface area contributed by atoms with Gasteiger partial charge in [0, 0.05) is 0 Å². The third-order valence-corrected chi connectivity index (χ3v) is 1.64. The van der Waals surface area contributed by atoms with E-state index in [-0.39, 0.29) is 0 Å². The van der Waals surface area contributed by atoms with Crippen molar-refractivity contribution in [3.8, 4) is 5.75 Å². The first-order valence-corrected chi connectivity index (χ1v) is 4.47. The van der Waals surface area contributed by atoms with Crippen molar-refractivity contribution in [2.75, 3.05) is 0 Å². The van der Waals surface area contributed by atoms with Crippen LogP contribution in [-0.4, -0.2) is 11.1 Å². The molecule has 64 valence electrons. The average molecular weight is 203 g/mol. The molecule has 0 radical (unpaired) electrons. The van der Waals surface area contributed by atoms with Gasteiger partial charge in [-0.1, -0.05) is 18.2 Å². The number of benzene rings is 1. The Kier molecular flexibility index (Phi) is 3.51. The standard InChI is InChI=1S/C8H8ClO2P/c9-7(12)8(10)11-6-4-2-1-3-5-6/h1-5,7H,12H2. The third kappa shape index (κ3) is 2.80. The van der Waals surface area contributed by atoms with E-state index in [1.807, 2.05) is 6.07 Å². The molecule has 0 heterocycles. The van der Waals surface area contributed by atoms with Crippen molar-refractivity contribution in [2.45, 2.75) is 5.12 Å². The zero-order chi connectivity index (χ0) is 8.97. The Morgan fingerprint density at radius 3 is 2.50 bits per heavy atom. The van der Waals surface area contributed by atoms with E-state index in [0.717, 1.165) is 0 Å². The van der Waals surface area contributed by atoms with Crippen LogP contribution >= 0.6 is 20.8 Å². The lowest BCUT2D eigenvalue weighted by atomic mass is 10.3. The van der Waals surface area contributed by atoms with Crippen LogP contribution < -0.4 is 4.74 Å². The smallest absolute Gasteiger partial charge is 0.333 e. The molecule has 0 saturated carbocycles. The molecular weight excluding hydrogens is 195 g/mol. The summed E-state index contributed by atoms with van der Waals surface area (Å²) in [7, 11) is 2.16. The predicted octanol–water partition coefficient (Wildman–Crippen LogP) is 2.03. The summed E-state index contributed by atoms with van der Waals surface area (Å²) in [6, 6.07) is 8.81. The van der Waals surface area contributed by atoms with Gasteiger partial charge < -0.3 is 4.74 Å². The van der Waals surface area contributed by atoms with E-state index in [9.17, 15) is 4.79 Å². The molecule has 4 heteroatoms. The van der Waals surface area contributed by atoms with Gasteiger partial charge in [-0.15, -0.1) is 20.8 Å². The van der Waals surface area contributed by atoms with E-state index >= 15 is 0 Å².